The van der Waals surface area contributed by atoms with Crippen LogP contribution in [0.2, 0.25) is 0 Å². The second kappa shape index (κ2) is 7.43. The fraction of sp³-hybridized carbons (Fsp3) is 0.278. The van der Waals surface area contributed by atoms with E-state index >= 15 is 0 Å². The number of phenols is 1. The summed E-state index contributed by atoms with van der Waals surface area (Å²) in [6, 6.07) is 11.0. The van der Waals surface area contributed by atoms with Gasteiger partial charge in [-0.1, -0.05) is 18.2 Å². The second-order valence-corrected chi connectivity index (χ2v) is 8.23. The number of phenolic OH excluding ortho intramolecular Hbond substituents is 1. The Kier molecular flexibility index (Phi) is 5.22. The number of nitrogens with zero attached hydrogens (tertiary/aromatic N) is 1. The monoisotopic (exact) mass is 394 g/mol. The smallest absolute Gasteiger partial charge is 0.407 e. The predicted molar refractivity (Wildman–Crippen MR) is 96.5 cm³/mol. The van der Waals surface area contributed by atoms with E-state index in [1.165, 1.54) is 24.3 Å². The van der Waals surface area contributed by atoms with E-state index in [1.54, 1.807) is 18.2 Å². The molecule has 0 bridgehead atoms. The van der Waals surface area contributed by atoms with Crippen molar-refractivity contribution in [2.75, 3.05) is 18.4 Å². The lowest BCUT2D eigenvalue weighted by Gasteiger charge is -2.34. The summed E-state index contributed by atoms with van der Waals surface area (Å²) in [6.07, 6.45) is -2.38. The highest BCUT2D eigenvalue weighted by Gasteiger charge is 2.32. The van der Waals surface area contributed by atoms with Gasteiger partial charge in [0.05, 0.1) is 28.1 Å². The van der Waals surface area contributed by atoms with Crippen LogP contribution in [0.4, 0.5) is 14.9 Å². The van der Waals surface area contributed by atoms with Crippen LogP contribution in [0.1, 0.15) is 6.42 Å². The maximum atomic E-state index is 14.2. The maximum Gasteiger partial charge on any atom is 0.407 e. The average Bonchev–Trinajstić information content (AvgIpc) is 2.65. The van der Waals surface area contributed by atoms with E-state index in [9.17, 15) is 22.7 Å². The van der Waals surface area contributed by atoms with E-state index in [0.717, 1.165) is 11.0 Å². The molecule has 7 nitrogen and oxygen atoms in total. The first-order valence-corrected chi connectivity index (χ1v) is 9.79. The minimum absolute atomic E-state index is 0.0748. The minimum atomic E-state index is -3.77. The highest BCUT2D eigenvalue weighted by molar-refractivity contribution is 7.91. The van der Waals surface area contributed by atoms with Crippen molar-refractivity contribution in [3.63, 3.8) is 0 Å². The van der Waals surface area contributed by atoms with Gasteiger partial charge in [-0.2, -0.15) is 0 Å². The molecule has 1 aliphatic rings. The number of carboxylic acid groups (broad SMARTS) is 1. The predicted octanol–water partition coefficient (Wildman–Crippen LogP) is 2.73. The number of hydrogen-bond donors (Lipinski definition) is 3. The summed E-state index contributed by atoms with van der Waals surface area (Å²) in [7, 11) is -3.77. The van der Waals surface area contributed by atoms with Gasteiger partial charge in [0, 0.05) is 12.6 Å². The molecule has 2 aromatic rings. The third kappa shape index (κ3) is 3.97. The quantitative estimate of drug-likeness (QED) is 0.689. The second-order valence-electron chi connectivity index (χ2n) is 6.28. The maximum absolute atomic E-state index is 14.2. The third-order valence-corrected chi connectivity index (χ3v) is 6.25. The van der Waals surface area contributed by atoms with Crippen molar-refractivity contribution in [1.29, 1.82) is 0 Å². The number of anilines is 1. The molecule has 0 radical (unpaired) electrons. The minimum Gasteiger partial charge on any atom is -0.506 e. The van der Waals surface area contributed by atoms with Gasteiger partial charge in [-0.05, 0) is 30.7 Å². The van der Waals surface area contributed by atoms with E-state index in [2.05, 4.69) is 5.32 Å². The molecule has 0 aromatic heterocycles. The van der Waals surface area contributed by atoms with Crippen molar-refractivity contribution >= 4 is 21.6 Å². The van der Waals surface area contributed by atoms with Crippen molar-refractivity contribution in [3.05, 3.63) is 48.5 Å². The number of piperidine rings is 1. The van der Waals surface area contributed by atoms with Gasteiger partial charge in [0.1, 0.15) is 11.9 Å². The standard InChI is InChI=1S/C18H19FN2O5S/c19-14-11-21(18(23)24)9-8-15(14)20-16-7-6-13(10-17(16)22)27(25,26)12-4-2-1-3-5-12/h1-7,10,14-15,20,22H,8-9,11H2,(H,23,24). The Morgan fingerprint density at radius 1 is 1.15 bits per heavy atom. The number of likely N-dealkylation sites (tertiary alicyclic amines) is 1. The van der Waals surface area contributed by atoms with E-state index in [0.29, 0.717) is 0 Å². The van der Waals surface area contributed by atoms with Crippen LogP contribution < -0.4 is 5.32 Å². The van der Waals surface area contributed by atoms with Crippen molar-refractivity contribution in [1.82, 2.24) is 4.90 Å². The first-order chi connectivity index (χ1) is 12.8. The number of benzene rings is 2. The molecule has 144 valence electrons. The lowest BCUT2D eigenvalue weighted by Crippen LogP contribution is -2.49. The van der Waals surface area contributed by atoms with Gasteiger partial charge >= 0.3 is 6.09 Å². The molecule has 2 atom stereocenters. The summed E-state index contributed by atoms with van der Waals surface area (Å²) in [4.78, 5) is 11.9. The van der Waals surface area contributed by atoms with Gasteiger partial charge in [0.15, 0.2) is 0 Å². The summed E-state index contributed by atoms with van der Waals surface area (Å²) in [5.41, 5.74) is 0.193. The zero-order valence-electron chi connectivity index (χ0n) is 14.2. The molecule has 9 heteroatoms. The van der Waals surface area contributed by atoms with Crippen molar-refractivity contribution in [2.24, 2.45) is 0 Å². The van der Waals surface area contributed by atoms with E-state index in [4.69, 9.17) is 5.11 Å². The van der Waals surface area contributed by atoms with Crippen LogP contribution in [0.5, 0.6) is 5.75 Å². The fourth-order valence-corrected chi connectivity index (χ4v) is 4.28. The van der Waals surface area contributed by atoms with Crippen LogP contribution in [-0.2, 0) is 9.84 Å². The van der Waals surface area contributed by atoms with Gasteiger partial charge in [-0.25, -0.2) is 17.6 Å². The lowest BCUT2D eigenvalue weighted by atomic mass is 10.0. The van der Waals surface area contributed by atoms with Crippen LogP contribution in [-0.4, -0.2) is 54.9 Å². The number of hydrogen-bond acceptors (Lipinski definition) is 5. The highest BCUT2D eigenvalue weighted by Crippen LogP contribution is 2.31. The average molecular weight is 394 g/mol. The van der Waals surface area contributed by atoms with Crippen LogP contribution in [0, 0.1) is 0 Å². The zero-order valence-corrected chi connectivity index (χ0v) is 15.1. The van der Waals surface area contributed by atoms with Gasteiger partial charge < -0.3 is 20.4 Å². The third-order valence-electron chi connectivity index (χ3n) is 4.49. The molecule has 2 aromatic carbocycles. The first kappa shape index (κ1) is 19.0. The number of aromatic hydroxyl groups is 1. The molecule has 2 unspecified atom stereocenters. The molecule has 3 rings (SSSR count). The zero-order chi connectivity index (χ0) is 19.6. The van der Waals surface area contributed by atoms with Crippen molar-refractivity contribution in [2.45, 2.75) is 28.4 Å². The van der Waals surface area contributed by atoms with Crippen LogP contribution in [0.15, 0.2) is 58.3 Å². The van der Waals surface area contributed by atoms with E-state index < -0.39 is 28.1 Å². The largest absolute Gasteiger partial charge is 0.506 e. The SMILES string of the molecule is O=C(O)N1CCC(Nc2ccc(S(=O)(=O)c3ccccc3)cc2O)C(F)C1. The Balaban J connectivity index is 1.77. The molecule has 1 saturated heterocycles. The highest BCUT2D eigenvalue weighted by atomic mass is 32.2. The molecule has 27 heavy (non-hydrogen) atoms. The van der Waals surface area contributed by atoms with Gasteiger partial charge in [-0.15, -0.1) is 0 Å². The number of carbonyl (C=O) groups is 1. The Bertz CT molecular complexity index is 936. The van der Waals surface area contributed by atoms with Crippen LogP contribution in [0.25, 0.3) is 0 Å². The van der Waals surface area contributed by atoms with Crippen LogP contribution >= 0.6 is 0 Å². The van der Waals surface area contributed by atoms with E-state index in [-0.39, 0.29) is 40.7 Å². The Labute approximate surface area is 156 Å². The molecule has 1 aliphatic heterocycles. The molecule has 0 spiro atoms. The molecule has 1 amide bonds. The number of nitrogens with one attached hydrogen (secondary N) is 1. The molecule has 0 saturated carbocycles. The van der Waals surface area contributed by atoms with Gasteiger partial charge in [0.2, 0.25) is 9.84 Å². The molecular weight excluding hydrogens is 375 g/mol. The topological polar surface area (TPSA) is 107 Å². The Morgan fingerprint density at radius 2 is 1.85 bits per heavy atom. The number of rotatable bonds is 4. The number of halogens is 1. The normalized spacial score (nSPS) is 20.3. The first-order valence-electron chi connectivity index (χ1n) is 8.30. The molecular formula is C18H19FN2O5S. The molecule has 1 heterocycles. The van der Waals surface area contributed by atoms with Gasteiger partial charge in [0.25, 0.3) is 0 Å². The molecule has 3 N–H and O–H groups in total. The van der Waals surface area contributed by atoms with Crippen LogP contribution in [0.3, 0.4) is 0 Å². The summed E-state index contributed by atoms with van der Waals surface area (Å²) in [5, 5.41) is 22.0. The van der Waals surface area contributed by atoms with Crippen molar-refractivity contribution in [3.8, 4) is 5.75 Å². The summed E-state index contributed by atoms with van der Waals surface area (Å²) >= 11 is 0. The lowest BCUT2D eigenvalue weighted by molar-refractivity contribution is 0.101. The van der Waals surface area contributed by atoms with Gasteiger partial charge in [-0.3, -0.25) is 0 Å². The Hall–Kier alpha value is -2.81. The van der Waals surface area contributed by atoms with Crippen molar-refractivity contribution < 1.29 is 27.8 Å². The molecule has 1 fully saturated rings. The Morgan fingerprint density at radius 3 is 2.44 bits per heavy atom. The number of sulfone groups is 1. The summed E-state index contributed by atoms with van der Waals surface area (Å²) in [5.74, 6) is -0.320. The summed E-state index contributed by atoms with van der Waals surface area (Å²) in [6.45, 7) is -0.0805. The number of amides is 1. The van der Waals surface area contributed by atoms with E-state index in [1.807, 2.05) is 0 Å². The fourth-order valence-electron chi connectivity index (χ4n) is 2.98. The molecule has 0 aliphatic carbocycles. The number of alkyl halides is 1. The summed E-state index contributed by atoms with van der Waals surface area (Å²) < 4.78 is 39.4.